The van der Waals surface area contributed by atoms with Gasteiger partial charge < -0.3 is 14.5 Å². The van der Waals surface area contributed by atoms with E-state index in [2.05, 4.69) is 5.48 Å². The molecule has 4 amide bonds. The standard InChI is InChI=1S/C22H30N4O6/c1-22(2,3)31-21(29)24-12-17(13-24)32-23-19(27)18-10-9-16-11-25(18)20(28)26(16)30-14-15-7-5-4-6-8-15/h4-8,16-18H,9-14H2,1-3H3,(H,23,27)/t16-,18+/m1/s1. The van der Waals surface area contributed by atoms with Crippen molar-refractivity contribution in [2.24, 2.45) is 0 Å². The van der Waals surface area contributed by atoms with E-state index in [9.17, 15) is 14.4 Å². The molecule has 2 bridgehead atoms. The van der Waals surface area contributed by atoms with Crippen molar-refractivity contribution in [1.82, 2.24) is 20.3 Å². The third kappa shape index (κ3) is 4.97. The van der Waals surface area contributed by atoms with Crippen molar-refractivity contribution < 1.29 is 28.8 Å². The summed E-state index contributed by atoms with van der Waals surface area (Å²) in [6.07, 6.45) is 0.499. The molecule has 1 aromatic rings. The molecule has 1 N–H and O–H groups in total. The molecule has 3 aliphatic rings. The maximum absolute atomic E-state index is 12.8. The molecule has 32 heavy (non-hydrogen) atoms. The number of carbonyl (C=O) groups is 3. The van der Waals surface area contributed by atoms with Crippen LogP contribution in [0.4, 0.5) is 9.59 Å². The quantitative estimate of drug-likeness (QED) is 0.672. The van der Waals surface area contributed by atoms with Crippen LogP contribution in [-0.4, -0.2) is 76.3 Å². The zero-order valence-corrected chi connectivity index (χ0v) is 18.7. The molecule has 3 fully saturated rings. The zero-order chi connectivity index (χ0) is 22.9. The summed E-state index contributed by atoms with van der Waals surface area (Å²) < 4.78 is 5.30. The summed E-state index contributed by atoms with van der Waals surface area (Å²) >= 11 is 0. The fourth-order valence-corrected chi connectivity index (χ4v) is 3.99. The highest BCUT2D eigenvalue weighted by Gasteiger charge is 2.48. The van der Waals surface area contributed by atoms with Gasteiger partial charge in [0, 0.05) is 6.54 Å². The third-order valence-electron chi connectivity index (χ3n) is 5.66. The second kappa shape index (κ2) is 8.95. The molecule has 174 valence electrons. The van der Waals surface area contributed by atoms with E-state index in [0.29, 0.717) is 39.1 Å². The van der Waals surface area contributed by atoms with E-state index in [1.165, 1.54) is 14.9 Å². The molecule has 0 radical (unpaired) electrons. The Bertz CT molecular complexity index is 852. The lowest BCUT2D eigenvalue weighted by Gasteiger charge is -2.39. The van der Waals surface area contributed by atoms with E-state index in [0.717, 1.165) is 5.56 Å². The van der Waals surface area contributed by atoms with Crippen molar-refractivity contribution in [2.75, 3.05) is 19.6 Å². The number of carbonyl (C=O) groups excluding carboxylic acids is 3. The number of hydrogen-bond acceptors (Lipinski definition) is 6. The number of rotatable bonds is 6. The minimum absolute atomic E-state index is 0.0646. The van der Waals surface area contributed by atoms with Crippen LogP contribution in [-0.2, 0) is 25.8 Å². The molecule has 0 unspecified atom stereocenters. The third-order valence-corrected chi connectivity index (χ3v) is 5.66. The fraction of sp³-hybridized carbons (Fsp3) is 0.591. The van der Waals surface area contributed by atoms with Crippen molar-refractivity contribution in [1.29, 1.82) is 0 Å². The summed E-state index contributed by atoms with van der Waals surface area (Å²) in [4.78, 5) is 51.7. The van der Waals surface area contributed by atoms with E-state index in [1.807, 2.05) is 30.3 Å². The Labute approximate surface area is 187 Å². The molecule has 3 heterocycles. The summed E-state index contributed by atoms with van der Waals surface area (Å²) in [5.74, 6) is -0.363. The number of fused-ring (bicyclic) bond motifs is 2. The van der Waals surface area contributed by atoms with Crippen LogP contribution in [0.1, 0.15) is 39.2 Å². The van der Waals surface area contributed by atoms with E-state index >= 15 is 0 Å². The number of hydroxylamine groups is 3. The first-order chi connectivity index (χ1) is 15.2. The fourth-order valence-electron chi connectivity index (χ4n) is 3.99. The number of urea groups is 1. The molecular formula is C22H30N4O6. The SMILES string of the molecule is CC(C)(C)OC(=O)N1CC(ONC(=O)[C@@H]2CC[C@@H]3CN2C(=O)N3OCc2ccccc2)C1. The molecule has 10 heteroatoms. The van der Waals surface area contributed by atoms with Crippen molar-refractivity contribution in [3.05, 3.63) is 35.9 Å². The van der Waals surface area contributed by atoms with Crippen LogP contribution in [0.3, 0.4) is 0 Å². The maximum Gasteiger partial charge on any atom is 0.410 e. The lowest BCUT2D eigenvalue weighted by Crippen LogP contribution is -2.58. The highest BCUT2D eigenvalue weighted by Crippen LogP contribution is 2.30. The minimum atomic E-state index is -0.605. The Morgan fingerprint density at radius 2 is 1.81 bits per heavy atom. The van der Waals surface area contributed by atoms with Crippen molar-refractivity contribution in [3.8, 4) is 0 Å². The summed E-state index contributed by atoms with van der Waals surface area (Å²) in [6, 6.07) is 8.66. The van der Waals surface area contributed by atoms with Crippen LogP contribution < -0.4 is 5.48 Å². The first kappa shape index (κ1) is 22.3. The molecule has 3 saturated heterocycles. The summed E-state index contributed by atoms with van der Waals surface area (Å²) in [6.45, 7) is 6.84. The van der Waals surface area contributed by atoms with Gasteiger partial charge in [0.2, 0.25) is 0 Å². The number of likely N-dealkylation sites (tertiary alicyclic amines) is 1. The second-order valence-electron chi connectivity index (χ2n) is 9.36. The van der Waals surface area contributed by atoms with Crippen LogP contribution >= 0.6 is 0 Å². The van der Waals surface area contributed by atoms with E-state index in [1.54, 1.807) is 20.8 Å². The number of benzene rings is 1. The van der Waals surface area contributed by atoms with Crippen LogP contribution in [0, 0.1) is 0 Å². The minimum Gasteiger partial charge on any atom is -0.444 e. The molecule has 3 aliphatic heterocycles. The lowest BCUT2D eigenvalue weighted by atomic mass is 10.0. The van der Waals surface area contributed by atoms with Gasteiger partial charge in [-0.3, -0.25) is 14.5 Å². The highest BCUT2D eigenvalue weighted by atomic mass is 16.7. The van der Waals surface area contributed by atoms with Crippen molar-refractivity contribution >= 4 is 18.0 Å². The van der Waals surface area contributed by atoms with Gasteiger partial charge in [0.1, 0.15) is 24.4 Å². The van der Waals surface area contributed by atoms with Gasteiger partial charge in [-0.1, -0.05) is 30.3 Å². The Morgan fingerprint density at radius 3 is 2.50 bits per heavy atom. The van der Waals surface area contributed by atoms with Crippen LogP contribution in [0.5, 0.6) is 0 Å². The molecule has 4 rings (SSSR count). The molecule has 1 aromatic carbocycles. The maximum atomic E-state index is 12.8. The topological polar surface area (TPSA) is 101 Å². The largest absolute Gasteiger partial charge is 0.444 e. The predicted octanol–water partition coefficient (Wildman–Crippen LogP) is 2.05. The highest BCUT2D eigenvalue weighted by molar-refractivity contribution is 5.88. The summed E-state index contributed by atoms with van der Waals surface area (Å²) in [5.41, 5.74) is 2.88. The normalized spacial score (nSPS) is 23.2. The van der Waals surface area contributed by atoms with Crippen LogP contribution in [0.25, 0.3) is 0 Å². The number of piperidine rings is 1. The second-order valence-corrected chi connectivity index (χ2v) is 9.36. The zero-order valence-electron chi connectivity index (χ0n) is 18.7. The van der Waals surface area contributed by atoms with E-state index in [4.69, 9.17) is 14.4 Å². The molecule has 0 spiro atoms. The molecule has 0 aromatic heterocycles. The number of amides is 4. The van der Waals surface area contributed by atoms with Crippen molar-refractivity contribution in [2.45, 2.75) is 64.0 Å². The van der Waals surface area contributed by atoms with Gasteiger partial charge in [0.05, 0.1) is 19.1 Å². The lowest BCUT2D eigenvalue weighted by molar-refractivity contribution is -0.152. The Kier molecular flexibility index (Phi) is 6.25. The van der Waals surface area contributed by atoms with Gasteiger partial charge in [-0.2, -0.15) is 5.06 Å². The van der Waals surface area contributed by atoms with E-state index in [-0.39, 0.29) is 24.1 Å². The van der Waals surface area contributed by atoms with Crippen LogP contribution in [0.15, 0.2) is 30.3 Å². The Hall–Kier alpha value is -2.85. The van der Waals surface area contributed by atoms with Gasteiger partial charge in [0.15, 0.2) is 0 Å². The van der Waals surface area contributed by atoms with Gasteiger partial charge >= 0.3 is 12.1 Å². The number of hydrogen-bond donors (Lipinski definition) is 1. The molecule has 0 saturated carbocycles. The summed E-state index contributed by atoms with van der Waals surface area (Å²) in [7, 11) is 0. The number of nitrogens with one attached hydrogen (secondary N) is 1. The number of nitrogens with zero attached hydrogens (tertiary/aromatic N) is 3. The smallest absolute Gasteiger partial charge is 0.410 e. The Balaban J connectivity index is 1.22. The monoisotopic (exact) mass is 446 g/mol. The van der Waals surface area contributed by atoms with E-state index < -0.39 is 17.7 Å². The van der Waals surface area contributed by atoms with Gasteiger partial charge in [-0.15, -0.1) is 0 Å². The first-order valence-corrected chi connectivity index (χ1v) is 10.9. The number of ether oxygens (including phenoxy) is 1. The van der Waals surface area contributed by atoms with Gasteiger partial charge in [-0.05, 0) is 39.2 Å². The van der Waals surface area contributed by atoms with Gasteiger partial charge in [0.25, 0.3) is 5.91 Å². The predicted molar refractivity (Wildman–Crippen MR) is 113 cm³/mol. The molecule has 10 nitrogen and oxygen atoms in total. The first-order valence-electron chi connectivity index (χ1n) is 10.9. The van der Waals surface area contributed by atoms with Crippen molar-refractivity contribution in [3.63, 3.8) is 0 Å². The summed E-state index contributed by atoms with van der Waals surface area (Å²) in [5, 5.41) is 1.39. The average molecular weight is 447 g/mol. The molecular weight excluding hydrogens is 416 g/mol. The molecule has 0 aliphatic carbocycles. The van der Waals surface area contributed by atoms with Crippen LogP contribution in [0.2, 0.25) is 0 Å². The Morgan fingerprint density at radius 1 is 1.09 bits per heavy atom. The van der Waals surface area contributed by atoms with Gasteiger partial charge in [-0.25, -0.2) is 15.1 Å². The molecule has 2 atom stereocenters. The average Bonchev–Trinajstić information content (AvgIpc) is 2.94.